The van der Waals surface area contributed by atoms with Crippen LogP contribution < -0.4 is 11.3 Å². The fourth-order valence-corrected chi connectivity index (χ4v) is 1.22. The lowest BCUT2D eigenvalue weighted by molar-refractivity contribution is 1.16. The van der Waals surface area contributed by atoms with E-state index in [-0.39, 0.29) is 0 Å². The van der Waals surface area contributed by atoms with E-state index in [1.165, 1.54) is 6.33 Å². The summed E-state index contributed by atoms with van der Waals surface area (Å²) in [6.07, 6.45) is 3.14. The van der Waals surface area contributed by atoms with Crippen LogP contribution in [0.2, 0.25) is 0 Å². The Morgan fingerprint density at radius 2 is 2.31 bits per heavy atom. The van der Waals surface area contributed by atoms with Crippen LogP contribution in [0.3, 0.4) is 0 Å². The quantitative estimate of drug-likeness (QED) is 0.490. The highest BCUT2D eigenvalue weighted by molar-refractivity contribution is 5.86. The molecule has 2 aromatic rings. The number of hydrazine groups is 1. The molecule has 0 atom stereocenters. The first-order valence-electron chi connectivity index (χ1n) is 3.85. The van der Waals surface area contributed by atoms with Crippen molar-refractivity contribution in [3.63, 3.8) is 0 Å². The van der Waals surface area contributed by atoms with Gasteiger partial charge in [0, 0.05) is 5.69 Å². The molecule has 0 spiro atoms. The second-order valence-electron chi connectivity index (χ2n) is 2.71. The second kappa shape index (κ2) is 2.95. The SMILES string of the molecule is Cc1cc(NN)c2ncncc2n1. The third-order valence-electron chi connectivity index (χ3n) is 1.75. The molecule has 0 aromatic carbocycles. The van der Waals surface area contributed by atoms with Crippen molar-refractivity contribution in [2.75, 3.05) is 5.43 Å². The zero-order valence-electron chi connectivity index (χ0n) is 7.15. The Hall–Kier alpha value is -1.75. The number of hydrogen-bond acceptors (Lipinski definition) is 5. The molecule has 0 radical (unpaired) electrons. The van der Waals surface area contributed by atoms with Crippen LogP contribution in [0.15, 0.2) is 18.6 Å². The Bertz CT molecular complexity index is 439. The van der Waals surface area contributed by atoms with Gasteiger partial charge >= 0.3 is 0 Å². The fourth-order valence-electron chi connectivity index (χ4n) is 1.22. The van der Waals surface area contributed by atoms with Crippen molar-refractivity contribution < 1.29 is 0 Å². The number of aromatic nitrogens is 3. The highest BCUT2D eigenvalue weighted by Gasteiger charge is 2.02. The molecule has 0 saturated heterocycles. The van der Waals surface area contributed by atoms with Gasteiger partial charge in [0.25, 0.3) is 0 Å². The summed E-state index contributed by atoms with van der Waals surface area (Å²) in [5, 5.41) is 0. The summed E-state index contributed by atoms with van der Waals surface area (Å²) in [5.41, 5.74) is 5.72. The summed E-state index contributed by atoms with van der Waals surface area (Å²) in [6, 6.07) is 1.84. The van der Waals surface area contributed by atoms with Crippen molar-refractivity contribution in [1.29, 1.82) is 0 Å². The van der Waals surface area contributed by atoms with Gasteiger partial charge in [0.05, 0.1) is 11.9 Å². The number of hydrogen-bond donors (Lipinski definition) is 2. The van der Waals surface area contributed by atoms with Gasteiger partial charge in [-0.2, -0.15) is 0 Å². The average molecular weight is 175 g/mol. The van der Waals surface area contributed by atoms with Crippen LogP contribution in [0.25, 0.3) is 11.0 Å². The first-order valence-corrected chi connectivity index (χ1v) is 3.85. The lowest BCUT2D eigenvalue weighted by Gasteiger charge is -2.04. The molecule has 0 bridgehead atoms. The van der Waals surface area contributed by atoms with E-state index in [4.69, 9.17) is 5.84 Å². The first kappa shape index (κ1) is 7.88. The summed E-state index contributed by atoms with van der Waals surface area (Å²) < 4.78 is 0. The first-order chi connectivity index (χ1) is 6.31. The van der Waals surface area contributed by atoms with Crippen molar-refractivity contribution >= 4 is 16.7 Å². The molecule has 2 rings (SSSR count). The molecular weight excluding hydrogens is 166 g/mol. The molecule has 13 heavy (non-hydrogen) atoms. The Labute approximate surface area is 75.0 Å². The smallest absolute Gasteiger partial charge is 0.117 e. The maximum atomic E-state index is 5.35. The number of anilines is 1. The number of fused-ring (bicyclic) bond motifs is 1. The normalized spacial score (nSPS) is 10.3. The summed E-state index contributed by atoms with van der Waals surface area (Å²) in [6.45, 7) is 1.90. The number of nitrogen functional groups attached to an aromatic ring is 1. The van der Waals surface area contributed by atoms with Crippen molar-refractivity contribution in [3.8, 4) is 0 Å². The number of nitrogens with zero attached hydrogens (tertiary/aromatic N) is 3. The van der Waals surface area contributed by atoms with Crippen molar-refractivity contribution in [2.45, 2.75) is 6.92 Å². The second-order valence-corrected chi connectivity index (χ2v) is 2.71. The van der Waals surface area contributed by atoms with Crippen molar-refractivity contribution in [1.82, 2.24) is 15.0 Å². The van der Waals surface area contributed by atoms with Crippen LogP contribution in [0.1, 0.15) is 5.69 Å². The molecule has 2 aromatic heterocycles. The molecule has 5 heteroatoms. The molecule has 0 aliphatic heterocycles. The maximum Gasteiger partial charge on any atom is 0.117 e. The Morgan fingerprint density at radius 1 is 1.46 bits per heavy atom. The van der Waals surface area contributed by atoms with Crippen molar-refractivity contribution in [2.24, 2.45) is 5.84 Å². The minimum Gasteiger partial charge on any atom is -0.322 e. The zero-order chi connectivity index (χ0) is 9.26. The number of pyridine rings is 1. The van der Waals surface area contributed by atoms with Gasteiger partial charge in [0.2, 0.25) is 0 Å². The third-order valence-corrected chi connectivity index (χ3v) is 1.75. The van der Waals surface area contributed by atoms with E-state index < -0.39 is 0 Å². The third kappa shape index (κ3) is 1.29. The van der Waals surface area contributed by atoms with Gasteiger partial charge in [-0.25, -0.2) is 15.0 Å². The fraction of sp³-hybridized carbons (Fsp3) is 0.125. The predicted molar refractivity (Wildman–Crippen MR) is 49.9 cm³/mol. The van der Waals surface area contributed by atoms with Crippen LogP contribution in [-0.2, 0) is 0 Å². The van der Waals surface area contributed by atoms with Crippen LogP contribution in [0.5, 0.6) is 0 Å². The van der Waals surface area contributed by atoms with Crippen LogP contribution in [-0.4, -0.2) is 15.0 Å². The largest absolute Gasteiger partial charge is 0.322 e. The minimum absolute atomic E-state index is 0.739. The highest BCUT2D eigenvalue weighted by Crippen LogP contribution is 2.18. The summed E-state index contributed by atoms with van der Waals surface area (Å²) in [5.74, 6) is 5.35. The van der Waals surface area contributed by atoms with E-state index in [1.54, 1.807) is 6.20 Å². The van der Waals surface area contributed by atoms with Gasteiger partial charge < -0.3 is 5.43 Å². The lowest BCUT2D eigenvalue weighted by Crippen LogP contribution is -2.08. The van der Waals surface area contributed by atoms with Gasteiger partial charge in [-0.15, -0.1) is 0 Å². The summed E-state index contributed by atoms with van der Waals surface area (Å²) in [7, 11) is 0. The number of nitrogens with one attached hydrogen (secondary N) is 1. The Balaban J connectivity index is 2.81. The molecule has 0 aliphatic carbocycles. The average Bonchev–Trinajstić information content (AvgIpc) is 2.16. The topological polar surface area (TPSA) is 76.7 Å². The summed E-state index contributed by atoms with van der Waals surface area (Å²) in [4.78, 5) is 12.2. The van der Waals surface area contributed by atoms with E-state index in [1.807, 2.05) is 13.0 Å². The van der Waals surface area contributed by atoms with Crippen LogP contribution in [0.4, 0.5) is 5.69 Å². The number of nitrogens with two attached hydrogens (primary N) is 1. The lowest BCUT2D eigenvalue weighted by atomic mass is 10.3. The molecule has 0 unspecified atom stereocenters. The molecule has 66 valence electrons. The Morgan fingerprint density at radius 3 is 3.08 bits per heavy atom. The standard InChI is InChI=1S/C8H9N5/c1-5-2-6(13-9)8-7(12-5)3-10-4-11-8/h2-4H,9H2,1H3,(H,12,13). The van der Waals surface area contributed by atoms with Gasteiger partial charge in [-0.3, -0.25) is 5.84 Å². The van der Waals surface area contributed by atoms with Crippen molar-refractivity contribution in [3.05, 3.63) is 24.3 Å². The van der Waals surface area contributed by atoms with Gasteiger partial charge in [0.1, 0.15) is 17.4 Å². The number of aryl methyl sites for hydroxylation is 1. The molecule has 0 aliphatic rings. The summed E-state index contributed by atoms with van der Waals surface area (Å²) >= 11 is 0. The highest BCUT2D eigenvalue weighted by atomic mass is 15.2. The Kier molecular flexibility index (Phi) is 1.79. The predicted octanol–water partition coefficient (Wildman–Crippen LogP) is 0.619. The molecule has 0 fully saturated rings. The van der Waals surface area contributed by atoms with E-state index in [9.17, 15) is 0 Å². The maximum absolute atomic E-state index is 5.35. The molecule has 3 N–H and O–H groups in total. The van der Waals surface area contributed by atoms with Crippen LogP contribution in [0, 0.1) is 6.92 Å². The van der Waals surface area contributed by atoms with E-state index in [0.717, 1.165) is 22.4 Å². The molecular formula is C8H9N5. The monoisotopic (exact) mass is 175 g/mol. The molecule has 2 heterocycles. The number of rotatable bonds is 1. The van der Waals surface area contributed by atoms with E-state index in [2.05, 4.69) is 20.4 Å². The van der Waals surface area contributed by atoms with Gasteiger partial charge in [-0.05, 0) is 13.0 Å². The van der Waals surface area contributed by atoms with E-state index >= 15 is 0 Å². The van der Waals surface area contributed by atoms with Crippen LogP contribution >= 0.6 is 0 Å². The van der Waals surface area contributed by atoms with E-state index in [0.29, 0.717) is 0 Å². The minimum atomic E-state index is 0.739. The molecule has 5 nitrogen and oxygen atoms in total. The molecule has 0 saturated carbocycles. The zero-order valence-corrected chi connectivity index (χ0v) is 7.15. The molecule has 0 amide bonds. The van der Waals surface area contributed by atoms with Gasteiger partial charge in [-0.1, -0.05) is 0 Å². The van der Waals surface area contributed by atoms with Gasteiger partial charge in [0.15, 0.2) is 0 Å².